The van der Waals surface area contributed by atoms with Crippen LogP contribution < -0.4 is 0 Å². The largest absolute Gasteiger partial charge is 0.478 e. The summed E-state index contributed by atoms with van der Waals surface area (Å²) >= 11 is 0. The van der Waals surface area contributed by atoms with Crippen LogP contribution in [0.4, 0.5) is 0 Å². The highest BCUT2D eigenvalue weighted by Gasteiger charge is 2.29. The third-order valence-electron chi connectivity index (χ3n) is 3.06. The van der Waals surface area contributed by atoms with Crippen LogP contribution in [0.2, 0.25) is 0 Å². The quantitative estimate of drug-likeness (QED) is 0.735. The SMILES string of the molecule is C=C(C)C(=O)O.C=CN1CCC(C=C(CCC)C(=O)O)C1=O. The van der Waals surface area contributed by atoms with Crippen LogP contribution >= 0.6 is 0 Å². The van der Waals surface area contributed by atoms with Gasteiger partial charge in [0.05, 0.1) is 5.92 Å². The number of carbonyl (C=O) groups excluding carboxylic acids is 1. The van der Waals surface area contributed by atoms with Gasteiger partial charge >= 0.3 is 11.9 Å². The third-order valence-corrected chi connectivity index (χ3v) is 3.06. The van der Waals surface area contributed by atoms with Crippen molar-refractivity contribution in [2.24, 2.45) is 5.92 Å². The maximum Gasteiger partial charge on any atom is 0.331 e. The molecular formula is C16H23NO5. The summed E-state index contributed by atoms with van der Waals surface area (Å²) in [6, 6.07) is 0. The molecule has 0 spiro atoms. The Morgan fingerprint density at radius 2 is 1.91 bits per heavy atom. The molecule has 0 aromatic rings. The minimum Gasteiger partial charge on any atom is -0.478 e. The summed E-state index contributed by atoms with van der Waals surface area (Å²) in [6.07, 6.45) is 5.04. The Morgan fingerprint density at radius 1 is 1.36 bits per heavy atom. The molecule has 1 rings (SSSR count). The number of aliphatic carboxylic acids is 2. The van der Waals surface area contributed by atoms with Gasteiger partial charge in [-0.1, -0.05) is 32.6 Å². The maximum atomic E-state index is 11.7. The van der Waals surface area contributed by atoms with E-state index in [4.69, 9.17) is 10.2 Å². The van der Waals surface area contributed by atoms with Crippen LogP contribution in [0.3, 0.4) is 0 Å². The van der Waals surface area contributed by atoms with Crippen LogP contribution in [-0.2, 0) is 14.4 Å². The van der Waals surface area contributed by atoms with Gasteiger partial charge in [-0.05, 0) is 26.0 Å². The summed E-state index contributed by atoms with van der Waals surface area (Å²) in [5.74, 6) is -2.21. The molecule has 1 fully saturated rings. The lowest BCUT2D eigenvalue weighted by Gasteiger charge is -2.09. The number of hydrogen-bond acceptors (Lipinski definition) is 3. The lowest BCUT2D eigenvalue weighted by atomic mass is 10.0. The minimum absolute atomic E-state index is 0.0511. The molecule has 6 heteroatoms. The predicted octanol–water partition coefficient (Wildman–Crippen LogP) is 2.44. The molecule has 1 amide bonds. The van der Waals surface area contributed by atoms with Gasteiger partial charge in [-0.15, -0.1) is 0 Å². The lowest BCUT2D eigenvalue weighted by molar-refractivity contribution is -0.133. The van der Waals surface area contributed by atoms with Gasteiger partial charge in [-0.2, -0.15) is 0 Å². The fourth-order valence-electron chi connectivity index (χ4n) is 1.83. The predicted molar refractivity (Wildman–Crippen MR) is 83.1 cm³/mol. The van der Waals surface area contributed by atoms with E-state index in [9.17, 15) is 14.4 Å². The van der Waals surface area contributed by atoms with Gasteiger partial charge in [0.2, 0.25) is 5.91 Å². The van der Waals surface area contributed by atoms with Crippen LogP contribution in [0.5, 0.6) is 0 Å². The number of carboxylic acid groups (broad SMARTS) is 2. The Hall–Kier alpha value is -2.37. The standard InChI is InChI=1S/C12H17NO3.C4H6O2/c1-3-5-10(12(15)16)8-9-6-7-13(4-2)11(9)14;1-3(2)4(5)6/h4,8-9H,2-3,5-7H2,1H3,(H,15,16);1H2,2H3,(H,5,6). The van der Waals surface area contributed by atoms with Gasteiger partial charge in [0.1, 0.15) is 0 Å². The fourth-order valence-corrected chi connectivity index (χ4v) is 1.83. The lowest BCUT2D eigenvalue weighted by Crippen LogP contribution is -2.21. The zero-order valence-electron chi connectivity index (χ0n) is 13.0. The molecular weight excluding hydrogens is 286 g/mol. The third kappa shape index (κ3) is 6.39. The van der Waals surface area contributed by atoms with Gasteiger partial charge in [0.25, 0.3) is 0 Å². The molecule has 1 aliphatic rings. The van der Waals surface area contributed by atoms with E-state index < -0.39 is 11.9 Å². The number of hydrogen-bond donors (Lipinski definition) is 2. The van der Waals surface area contributed by atoms with E-state index in [0.29, 0.717) is 25.0 Å². The Balaban J connectivity index is 0.000000626. The summed E-state index contributed by atoms with van der Waals surface area (Å²) in [5.41, 5.74) is 0.516. The number of rotatable bonds is 6. The van der Waals surface area contributed by atoms with Crippen molar-refractivity contribution in [3.05, 3.63) is 36.6 Å². The van der Waals surface area contributed by atoms with E-state index in [-0.39, 0.29) is 17.4 Å². The molecule has 1 aliphatic heterocycles. The van der Waals surface area contributed by atoms with Crippen LogP contribution in [0.1, 0.15) is 33.1 Å². The van der Waals surface area contributed by atoms with Crippen LogP contribution in [-0.4, -0.2) is 39.5 Å². The first kappa shape index (κ1) is 19.6. The smallest absolute Gasteiger partial charge is 0.331 e. The Morgan fingerprint density at radius 3 is 2.23 bits per heavy atom. The molecule has 0 bridgehead atoms. The van der Waals surface area contributed by atoms with Crippen molar-refractivity contribution >= 4 is 17.8 Å². The van der Waals surface area contributed by atoms with Crippen molar-refractivity contribution in [3.8, 4) is 0 Å². The highest BCUT2D eigenvalue weighted by atomic mass is 16.4. The van der Waals surface area contributed by atoms with Crippen LogP contribution in [0.15, 0.2) is 36.6 Å². The van der Waals surface area contributed by atoms with E-state index in [2.05, 4.69) is 13.2 Å². The molecule has 1 heterocycles. The van der Waals surface area contributed by atoms with E-state index in [1.807, 2.05) is 6.92 Å². The maximum absolute atomic E-state index is 11.7. The number of carboxylic acids is 2. The Kier molecular flexibility index (Phi) is 8.52. The number of carbonyl (C=O) groups is 3. The molecule has 0 radical (unpaired) electrons. The fraction of sp³-hybridized carbons (Fsp3) is 0.438. The van der Waals surface area contributed by atoms with Gasteiger partial charge in [0.15, 0.2) is 0 Å². The first-order chi connectivity index (χ1) is 10.2. The molecule has 1 saturated heterocycles. The normalized spacial score (nSPS) is 17.5. The zero-order valence-corrected chi connectivity index (χ0v) is 13.0. The summed E-state index contributed by atoms with van der Waals surface area (Å²) in [4.78, 5) is 33.8. The molecule has 0 aromatic heterocycles. The van der Waals surface area contributed by atoms with Crippen molar-refractivity contribution in [1.82, 2.24) is 4.90 Å². The summed E-state index contributed by atoms with van der Waals surface area (Å²) in [6.45, 7) is 10.7. The van der Waals surface area contributed by atoms with Gasteiger partial charge in [-0.3, -0.25) is 4.79 Å². The monoisotopic (exact) mass is 309 g/mol. The highest BCUT2D eigenvalue weighted by molar-refractivity contribution is 5.89. The number of amides is 1. The molecule has 122 valence electrons. The van der Waals surface area contributed by atoms with Crippen molar-refractivity contribution in [2.45, 2.75) is 33.1 Å². The second-order valence-electron chi connectivity index (χ2n) is 4.94. The summed E-state index contributed by atoms with van der Waals surface area (Å²) in [5, 5.41) is 16.9. The number of likely N-dealkylation sites (tertiary alicyclic amines) is 1. The summed E-state index contributed by atoms with van der Waals surface area (Å²) in [7, 11) is 0. The van der Waals surface area contributed by atoms with Crippen LogP contribution in [0, 0.1) is 5.92 Å². The molecule has 22 heavy (non-hydrogen) atoms. The number of nitrogens with zero attached hydrogens (tertiary/aromatic N) is 1. The van der Waals surface area contributed by atoms with Crippen molar-refractivity contribution in [2.75, 3.05) is 6.54 Å². The first-order valence-corrected chi connectivity index (χ1v) is 7.00. The molecule has 0 saturated carbocycles. The second-order valence-corrected chi connectivity index (χ2v) is 4.94. The molecule has 2 N–H and O–H groups in total. The van der Waals surface area contributed by atoms with Crippen molar-refractivity contribution in [3.63, 3.8) is 0 Å². The van der Waals surface area contributed by atoms with E-state index >= 15 is 0 Å². The van der Waals surface area contributed by atoms with Crippen LogP contribution in [0.25, 0.3) is 0 Å². The Bertz CT molecular complexity index is 481. The van der Waals surface area contributed by atoms with Gasteiger partial charge in [-0.25, -0.2) is 9.59 Å². The van der Waals surface area contributed by atoms with E-state index in [1.165, 1.54) is 18.0 Å². The highest BCUT2D eigenvalue weighted by Crippen LogP contribution is 2.22. The molecule has 1 unspecified atom stereocenters. The topological polar surface area (TPSA) is 94.9 Å². The average molecular weight is 309 g/mol. The Labute approximate surface area is 130 Å². The summed E-state index contributed by atoms with van der Waals surface area (Å²) < 4.78 is 0. The molecule has 0 aromatic carbocycles. The second kappa shape index (κ2) is 9.55. The molecule has 6 nitrogen and oxygen atoms in total. The minimum atomic E-state index is -0.935. The first-order valence-electron chi connectivity index (χ1n) is 7.00. The van der Waals surface area contributed by atoms with Gasteiger partial charge < -0.3 is 15.1 Å². The molecule has 0 aliphatic carbocycles. The van der Waals surface area contributed by atoms with Crippen molar-refractivity contribution < 1.29 is 24.6 Å². The average Bonchev–Trinajstić information content (AvgIpc) is 2.79. The zero-order chi connectivity index (χ0) is 17.3. The van der Waals surface area contributed by atoms with Gasteiger partial charge in [0, 0.05) is 17.7 Å². The molecule has 1 atom stereocenters. The van der Waals surface area contributed by atoms with E-state index in [1.54, 1.807) is 6.08 Å². The van der Waals surface area contributed by atoms with Crippen molar-refractivity contribution in [1.29, 1.82) is 0 Å². The van der Waals surface area contributed by atoms with E-state index in [0.717, 1.165) is 6.42 Å².